The van der Waals surface area contributed by atoms with Crippen molar-refractivity contribution in [3.8, 4) is 0 Å². The normalized spacial score (nSPS) is 11.8. The van der Waals surface area contributed by atoms with E-state index >= 15 is 0 Å². The maximum absolute atomic E-state index is 7.46. The lowest BCUT2D eigenvalue weighted by Gasteiger charge is -2.11. The fourth-order valence-electron chi connectivity index (χ4n) is 1.75. The van der Waals surface area contributed by atoms with Gasteiger partial charge >= 0.3 is 0 Å². The second kappa shape index (κ2) is 6.44. The van der Waals surface area contributed by atoms with Crippen LogP contribution in [0.4, 0.5) is 5.82 Å². The first-order valence-electron chi connectivity index (χ1n) is 5.92. The van der Waals surface area contributed by atoms with Crippen LogP contribution in [0.2, 0.25) is 0 Å². The molecule has 19 heavy (non-hydrogen) atoms. The zero-order chi connectivity index (χ0) is 14.4. The maximum Gasteiger partial charge on any atom is 0.144 e. The predicted molar refractivity (Wildman–Crippen MR) is 80.4 cm³/mol. The summed E-state index contributed by atoms with van der Waals surface area (Å²) in [6.07, 6.45) is 4.24. The number of nitrogens with one attached hydrogen (secondary N) is 2. The Morgan fingerprint density at radius 3 is 2.79 bits per heavy atom. The van der Waals surface area contributed by atoms with Crippen molar-refractivity contribution >= 4 is 23.6 Å². The Labute approximate surface area is 113 Å². The van der Waals surface area contributed by atoms with Gasteiger partial charge in [-0.25, -0.2) is 4.99 Å². The predicted octanol–water partition coefficient (Wildman–Crippen LogP) is 1.50. The first-order chi connectivity index (χ1) is 9.04. The van der Waals surface area contributed by atoms with Crippen LogP contribution in [0.5, 0.6) is 0 Å². The Bertz CT molecular complexity index is 532. The quantitative estimate of drug-likeness (QED) is 0.460. The van der Waals surface area contributed by atoms with Gasteiger partial charge in [0, 0.05) is 30.7 Å². The molecule has 0 fully saturated rings. The largest absolute Gasteiger partial charge is 0.403 e. The summed E-state index contributed by atoms with van der Waals surface area (Å²) < 4.78 is 1.94. The van der Waals surface area contributed by atoms with Gasteiger partial charge < -0.3 is 26.8 Å². The number of hydrogen-bond acceptors (Lipinski definition) is 4. The lowest BCUT2D eigenvalue weighted by Crippen LogP contribution is -2.10. The van der Waals surface area contributed by atoms with E-state index in [1.165, 1.54) is 12.4 Å². The van der Waals surface area contributed by atoms with Crippen molar-refractivity contribution in [1.82, 2.24) is 9.88 Å². The second-order valence-electron chi connectivity index (χ2n) is 3.93. The van der Waals surface area contributed by atoms with Gasteiger partial charge in [0.1, 0.15) is 5.82 Å². The van der Waals surface area contributed by atoms with Crippen molar-refractivity contribution < 1.29 is 0 Å². The van der Waals surface area contributed by atoms with E-state index in [4.69, 9.17) is 16.9 Å². The highest BCUT2D eigenvalue weighted by Gasteiger charge is 2.14. The molecule has 6 N–H and O–H groups in total. The first-order valence-corrected chi connectivity index (χ1v) is 5.92. The van der Waals surface area contributed by atoms with Crippen LogP contribution >= 0.6 is 0 Å². The van der Waals surface area contributed by atoms with Crippen molar-refractivity contribution in [2.75, 3.05) is 0 Å². The third kappa shape index (κ3) is 3.25. The summed E-state index contributed by atoms with van der Waals surface area (Å²) in [6.45, 7) is 8.35. The molecule has 102 valence electrons. The monoisotopic (exact) mass is 260 g/mol. The molecule has 0 aliphatic carbocycles. The van der Waals surface area contributed by atoms with E-state index in [1.54, 1.807) is 13.1 Å². The molecular weight excluding hydrogens is 240 g/mol. The van der Waals surface area contributed by atoms with Gasteiger partial charge in [0.2, 0.25) is 0 Å². The molecule has 0 spiro atoms. The minimum Gasteiger partial charge on any atom is -0.403 e. The van der Waals surface area contributed by atoms with Crippen molar-refractivity contribution in [3.05, 3.63) is 36.3 Å². The Balaban J connectivity index is 3.34. The van der Waals surface area contributed by atoms with Crippen molar-refractivity contribution in [2.24, 2.45) is 16.5 Å². The van der Waals surface area contributed by atoms with Gasteiger partial charge in [-0.05, 0) is 19.9 Å². The standard InChI is InChI=1S/C13H20N6/c1-4-19-12(9(2)17-6-5-14)7-11(8-15)13(19)18-10(3)16/h5-8,15,17H,2,4,14H2,1,3H3,(H2,16,18)/b6-5-,15-8?. The maximum atomic E-state index is 7.46. The number of amidine groups is 1. The molecule has 6 heteroatoms. The summed E-state index contributed by atoms with van der Waals surface area (Å²) >= 11 is 0. The van der Waals surface area contributed by atoms with Crippen LogP contribution in [0.1, 0.15) is 25.1 Å². The first kappa shape index (κ1) is 14.6. The zero-order valence-electron chi connectivity index (χ0n) is 11.3. The molecule has 0 unspecified atom stereocenters. The van der Waals surface area contributed by atoms with Gasteiger partial charge in [-0.15, -0.1) is 0 Å². The van der Waals surface area contributed by atoms with Crippen molar-refractivity contribution in [3.63, 3.8) is 0 Å². The molecule has 6 nitrogen and oxygen atoms in total. The molecule has 0 saturated heterocycles. The van der Waals surface area contributed by atoms with Crippen LogP contribution in [0.15, 0.2) is 30.0 Å². The minimum atomic E-state index is 0.447. The van der Waals surface area contributed by atoms with Crippen LogP contribution in [-0.2, 0) is 6.54 Å². The van der Waals surface area contributed by atoms with E-state index < -0.39 is 0 Å². The van der Waals surface area contributed by atoms with Gasteiger partial charge in [-0.3, -0.25) is 0 Å². The van der Waals surface area contributed by atoms with Gasteiger partial charge in [-0.2, -0.15) is 0 Å². The van der Waals surface area contributed by atoms with Crippen LogP contribution in [0.25, 0.3) is 5.70 Å². The van der Waals surface area contributed by atoms with E-state index in [-0.39, 0.29) is 0 Å². The van der Waals surface area contributed by atoms with Gasteiger partial charge in [0.25, 0.3) is 0 Å². The molecule has 0 aromatic carbocycles. The highest BCUT2D eigenvalue weighted by Crippen LogP contribution is 2.26. The topological polar surface area (TPSA) is 105 Å². The SMILES string of the molecule is C=C(N/C=C\N)c1cc(C=N)c(N=C(C)N)n1CC. The molecule has 1 aromatic rings. The highest BCUT2D eigenvalue weighted by molar-refractivity contribution is 5.89. The lowest BCUT2D eigenvalue weighted by molar-refractivity contribution is 0.757. The van der Waals surface area contributed by atoms with Gasteiger partial charge in [-0.1, -0.05) is 6.58 Å². The third-order valence-corrected chi connectivity index (χ3v) is 2.51. The third-order valence-electron chi connectivity index (χ3n) is 2.51. The van der Waals surface area contributed by atoms with Gasteiger partial charge in [0.15, 0.2) is 0 Å². The summed E-state index contributed by atoms with van der Waals surface area (Å²) in [5, 5.41) is 10.4. The number of aliphatic imine (C=N–C) groups is 1. The Hall–Kier alpha value is -2.50. The number of nitrogens with zero attached hydrogens (tertiary/aromatic N) is 2. The molecule has 0 amide bonds. The summed E-state index contributed by atoms with van der Waals surface area (Å²) in [6, 6.07) is 1.85. The molecule has 1 heterocycles. The summed E-state index contributed by atoms with van der Waals surface area (Å²) in [5.74, 6) is 1.11. The van der Waals surface area contributed by atoms with E-state index in [9.17, 15) is 0 Å². The molecule has 0 aliphatic rings. The van der Waals surface area contributed by atoms with E-state index in [1.807, 2.05) is 17.6 Å². The molecule has 1 rings (SSSR count). The summed E-state index contributed by atoms with van der Waals surface area (Å²) in [4.78, 5) is 4.28. The van der Waals surface area contributed by atoms with Crippen LogP contribution in [0.3, 0.4) is 0 Å². The number of aromatic nitrogens is 1. The Kier molecular flexibility index (Phi) is 4.93. The molecule has 0 bridgehead atoms. The van der Waals surface area contributed by atoms with Crippen LogP contribution in [-0.4, -0.2) is 16.6 Å². The van der Waals surface area contributed by atoms with E-state index in [0.29, 0.717) is 29.5 Å². The zero-order valence-corrected chi connectivity index (χ0v) is 11.3. The van der Waals surface area contributed by atoms with Crippen LogP contribution < -0.4 is 16.8 Å². The molecule has 1 aromatic heterocycles. The van der Waals surface area contributed by atoms with Crippen molar-refractivity contribution in [1.29, 1.82) is 5.41 Å². The fraction of sp³-hybridized carbons (Fsp3) is 0.231. The van der Waals surface area contributed by atoms with Crippen molar-refractivity contribution in [2.45, 2.75) is 20.4 Å². The van der Waals surface area contributed by atoms with E-state index in [0.717, 1.165) is 5.69 Å². The average molecular weight is 260 g/mol. The number of rotatable bonds is 6. The lowest BCUT2D eigenvalue weighted by atomic mass is 10.3. The van der Waals surface area contributed by atoms with Crippen LogP contribution in [0, 0.1) is 5.41 Å². The molecule has 0 aliphatic heterocycles. The smallest absolute Gasteiger partial charge is 0.144 e. The van der Waals surface area contributed by atoms with Gasteiger partial charge in [0.05, 0.1) is 17.2 Å². The molecule has 0 saturated carbocycles. The summed E-state index contributed by atoms with van der Waals surface area (Å²) in [7, 11) is 0. The Morgan fingerprint density at radius 2 is 2.32 bits per heavy atom. The second-order valence-corrected chi connectivity index (χ2v) is 3.93. The molecule has 0 atom stereocenters. The molecular formula is C13H20N6. The number of hydrogen-bond donors (Lipinski definition) is 4. The Morgan fingerprint density at radius 1 is 1.63 bits per heavy atom. The summed E-state index contributed by atoms with van der Waals surface area (Å²) in [5.41, 5.74) is 13.1. The molecule has 0 radical (unpaired) electrons. The number of nitrogens with two attached hydrogens (primary N) is 2. The van der Waals surface area contributed by atoms with E-state index in [2.05, 4.69) is 16.9 Å². The average Bonchev–Trinajstić information content (AvgIpc) is 2.72. The highest BCUT2D eigenvalue weighted by atomic mass is 15.1. The fourth-order valence-corrected chi connectivity index (χ4v) is 1.75. The minimum absolute atomic E-state index is 0.447.